The maximum atomic E-state index is 11.4. The Kier molecular flexibility index (Phi) is 8.90. The average molecular weight is 210 g/mol. The van der Waals surface area contributed by atoms with Crippen LogP contribution in [0.4, 0.5) is 0 Å². The smallest absolute Gasteiger partial charge is 0.220 e. The quantitative estimate of drug-likeness (QED) is 0.470. The molecule has 0 spiro atoms. The number of terminal acetylenes is 1. The van der Waals surface area contributed by atoms with Gasteiger partial charge in [0.25, 0.3) is 0 Å². The second-order valence-corrected chi connectivity index (χ2v) is 3.67. The molecule has 1 amide bonds. The number of hydrogen-bond acceptors (Lipinski definition) is 2. The first kappa shape index (κ1) is 14.0. The van der Waals surface area contributed by atoms with Crippen molar-refractivity contribution in [2.24, 2.45) is 5.73 Å². The first-order chi connectivity index (χ1) is 7.24. The molecule has 0 aliphatic heterocycles. The van der Waals surface area contributed by atoms with Gasteiger partial charge in [0.15, 0.2) is 0 Å². The summed E-state index contributed by atoms with van der Waals surface area (Å²) in [4.78, 5) is 11.4. The Bertz CT molecular complexity index is 208. The van der Waals surface area contributed by atoms with Crippen molar-refractivity contribution < 1.29 is 4.79 Å². The highest BCUT2D eigenvalue weighted by Crippen LogP contribution is 2.00. The lowest BCUT2D eigenvalue weighted by Gasteiger charge is -2.11. The molecular weight excluding hydrogens is 188 g/mol. The molecule has 0 rings (SSSR count). The van der Waals surface area contributed by atoms with Gasteiger partial charge in [-0.1, -0.05) is 25.7 Å². The van der Waals surface area contributed by atoms with Crippen LogP contribution in [0.3, 0.4) is 0 Å². The van der Waals surface area contributed by atoms with E-state index < -0.39 is 0 Å². The van der Waals surface area contributed by atoms with Crippen molar-refractivity contribution in [3.8, 4) is 12.3 Å². The number of unbranched alkanes of at least 4 members (excludes halogenated alkanes) is 2. The second-order valence-electron chi connectivity index (χ2n) is 3.67. The maximum Gasteiger partial charge on any atom is 0.220 e. The summed E-state index contributed by atoms with van der Waals surface area (Å²) in [5.41, 5.74) is 5.36. The number of nitrogens with two attached hydrogens (primary N) is 1. The molecule has 3 nitrogen and oxygen atoms in total. The van der Waals surface area contributed by atoms with Gasteiger partial charge in [0, 0.05) is 6.42 Å². The van der Waals surface area contributed by atoms with Crippen molar-refractivity contribution in [3.05, 3.63) is 0 Å². The van der Waals surface area contributed by atoms with Crippen LogP contribution in [0.25, 0.3) is 0 Å². The monoisotopic (exact) mass is 210 g/mol. The third kappa shape index (κ3) is 8.02. The van der Waals surface area contributed by atoms with E-state index in [-0.39, 0.29) is 11.9 Å². The standard InChI is InChI=1S/C12H22N2O/c1-3-8-11(4-2)14-12(15)9-6-5-7-10-13/h2,11H,3,5-10,13H2,1H3,(H,14,15). The van der Waals surface area contributed by atoms with Gasteiger partial charge >= 0.3 is 0 Å². The summed E-state index contributed by atoms with van der Waals surface area (Å²) < 4.78 is 0. The predicted molar refractivity (Wildman–Crippen MR) is 63.2 cm³/mol. The number of amides is 1. The fourth-order valence-corrected chi connectivity index (χ4v) is 1.36. The largest absolute Gasteiger partial charge is 0.342 e. The number of carbonyl (C=O) groups is 1. The van der Waals surface area contributed by atoms with E-state index in [0.717, 1.165) is 32.1 Å². The Morgan fingerprint density at radius 2 is 2.20 bits per heavy atom. The van der Waals surface area contributed by atoms with Crippen molar-refractivity contribution in [2.75, 3.05) is 6.54 Å². The molecule has 0 bridgehead atoms. The minimum absolute atomic E-state index is 0.0587. The molecule has 0 aliphatic rings. The summed E-state index contributed by atoms with van der Waals surface area (Å²) in [6.45, 7) is 2.75. The van der Waals surface area contributed by atoms with Crippen LogP contribution in [-0.2, 0) is 4.79 Å². The lowest BCUT2D eigenvalue weighted by atomic mass is 10.1. The molecule has 1 atom stereocenters. The van der Waals surface area contributed by atoms with E-state index in [9.17, 15) is 4.79 Å². The molecule has 1 unspecified atom stereocenters. The molecule has 0 radical (unpaired) electrons. The van der Waals surface area contributed by atoms with Gasteiger partial charge in [-0.15, -0.1) is 6.42 Å². The average Bonchev–Trinajstić information content (AvgIpc) is 2.24. The second kappa shape index (κ2) is 9.54. The van der Waals surface area contributed by atoms with E-state index in [1.54, 1.807) is 0 Å². The molecule has 3 heteroatoms. The van der Waals surface area contributed by atoms with Crippen LogP contribution in [0.5, 0.6) is 0 Å². The summed E-state index contributed by atoms with van der Waals surface area (Å²) in [7, 11) is 0. The highest BCUT2D eigenvalue weighted by molar-refractivity contribution is 5.76. The molecular formula is C12H22N2O. The third-order valence-corrected chi connectivity index (χ3v) is 2.22. The molecule has 0 saturated heterocycles. The van der Waals surface area contributed by atoms with Gasteiger partial charge in [-0.3, -0.25) is 4.79 Å². The highest BCUT2D eigenvalue weighted by atomic mass is 16.1. The minimum Gasteiger partial charge on any atom is -0.342 e. The minimum atomic E-state index is -0.1000. The van der Waals surface area contributed by atoms with Crippen LogP contribution in [-0.4, -0.2) is 18.5 Å². The molecule has 0 aliphatic carbocycles. The van der Waals surface area contributed by atoms with E-state index in [0.29, 0.717) is 13.0 Å². The zero-order chi connectivity index (χ0) is 11.5. The summed E-state index contributed by atoms with van der Waals surface area (Å²) in [5, 5.41) is 2.84. The Morgan fingerprint density at radius 1 is 1.47 bits per heavy atom. The predicted octanol–water partition coefficient (Wildman–Crippen LogP) is 1.42. The molecule has 0 heterocycles. The van der Waals surface area contributed by atoms with Gasteiger partial charge in [0.2, 0.25) is 5.91 Å². The molecule has 15 heavy (non-hydrogen) atoms. The van der Waals surface area contributed by atoms with Crippen molar-refractivity contribution in [1.29, 1.82) is 0 Å². The molecule has 0 aromatic rings. The van der Waals surface area contributed by atoms with Gasteiger partial charge in [0.05, 0.1) is 6.04 Å². The van der Waals surface area contributed by atoms with Gasteiger partial charge in [0.1, 0.15) is 0 Å². The third-order valence-electron chi connectivity index (χ3n) is 2.22. The van der Waals surface area contributed by atoms with Gasteiger partial charge in [-0.25, -0.2) is 0 Å². The first-order valence-electron chi connectivity index (χ1n) is 5.70. The van der Waals surface area contributed by atoms with Crippen molar-refractivity contribution >= 4 is 5.91 Å². The molecule has 0 aromatic heterocycles. The molecule has 0 aromatic carbocycles. The summed E-state index contributed by atoms with van der Waals surface area (Å²) >= 11 is 0. The zero-order valence-electron chi connectivity index (χ0n) is 9.59. The summed E-state index contributed by atoms with van der Waals surface area (Å²) in [5.74, 6) is 2.64. The maximum absolute atomic E-state index is 11.4. The molecule has 86 valence electrons. The lowest BCUT2D eigenvalue weighted by Crippen LogP contribution is -2.33. The van der Waals surface area contributed by atoms with Crippen molar-refractivity contribution in [3.63, 3.8) is 0 Å². The van der Waals surface area contributed by atoms with Crippen LogP contribution in [0.15, 0.2) is 0 Å². The van der Waals surface area contributed by atoms with Gasteiger partial charge in [-0.05, 0) is 25.8 Å². The van der Waals surface area contributed by atoms with Crippen LogP contribution < -0.4 is 11.1 Å². The topological polar surface area (TPSA) is 55.1 Å². The molecule has 3 N–H and O–H groups in total. The van der Waals surface area contributed by atoms with Crippen LogP contribution in [0.1, 0.15) is 45.4 Å². The number of carbonyl (C=O) groups excluding carboxylic acids is 1. The van der Waals surface area contributed by atoms with E-state index >= 15 is 0 Å². The SMILES string of the molecule is C#CC(CCC)NC(=O)CCCCCN. The fraction of sp³-hybridized carbons (Fsp3) is 0.750. The zero-order valence-corrected chi connectivity index (χ0v) is 9.59. The van der Waals surface area contributed by atoms with E-state index in [2.05, 4.69) is 18.2 Å². The molecule has 0 fully saturated rings. The summed E-state index contributed by atoms with van der Waals surface area (Å²) in [6.07, 6.45) is 10.6. The molecule has 0 saturated carbocycles. The van der Waals surface area contributed by atoms with Crippen LogP contribution in [0.2, 0.25) is 0 Å². The lowest BCUT2D eigenvalue weighted by molar-refractivity contribution is -0.121. The van der Waals surface area contributed by atoms with E-state index in [4.69, 9.17) is 12.2 Å². The number of rotatable bonds is 8. The van der Waals surface area contributed by atoms with E-state index in [1.165, 1.54) is 0 Å². The number of nitrogens with one attached hydrogen (secondary N) is 1. The highest BCUT2D eigenvalue weighted by Gasteiger charge is 2.07. The van der Waals surface area contributed by atoms with Crippen molar-refractivity contribution in [2.45, 2.75) is 51.5 Å². The first-order valence-corrected chi connectivity index (χ1v) is 5.70. The van der Waals surface area contributed by atoms with E-state index in [1.807, 2.05) is 0 Å². The van der Waals surface area contributed by atoms with Gasteiger partial charge in [-0.2, -0.15) is 0 Å². The fourth-order valence-electron chi connectivity index (χ4n) is 1.36. The Morgan fingerprint density at radius 3 is 2.73 bits per heavy atom. The normalized spacial score (nSPS) is 11.8. The van der Waals surface area contributed by atoms with Gasteiger partial charge < -0.3 is 11.1 Å². The Labute approximate surface area is 92.8 Å². The summed E-state index contributed by atoms with van der Waals surface area (Å²) in [6, 6.07) is -0.1000. The van der Waals surface area contributed by atoms with Crippen LogP contribution in [0, 0.1) is 12.3 Å². The Hall–Kier alpha value is -1.01. The number of hydrogen-bond donors (Lipinski definition) is 2. The van der Waals surface area contributed by atoms with Crippen molar-refractivity contribution in [1.82, 2.24) is 5.32 Å². The Balaban J connectivity index is 3.58. The van der Waals surface area contributed by atoms with Crippen LogP contribution >= 0.6 is 0 Å².